The van der Waals surface area contributed by atoms with E-state index in [4.69, 9.17) is 4.74 Å². The first-order valence-electron chi connectivity index (χ1n) is 10.1. The minimum absolute atomic E-state index is 0.0645. The van der Waals surface area contributed by atoms with Gasteiger partial charge in [0.15, 0.2) is 5.78 Å². The van der Waals surface area contributed by atoms with Crippen LogP contribution in [0.1, 0.15) is 39.5 Å². The topological polar surface area (TPSA) is 26.3 Å². The van der Waals surface area contributed by atoms with Crippen LogP contribution in [0.3, 0.4) is 0 Å². The quantitative estimate of drug-likeness (QED) is 0.269. The van der Waals surface area contributed by atoms with E-state index in [0.29, 0.717) is 12.2 Å². The van der Waals surface area contributed by atoms with Gasteiger partial charge in [-0.15, -0.1) is 0 Å². The van der Waals surface area contributed by atoms with E-state index in [1.165, 1.54) is 0 Å². The lowest BCUT2D eigenvalue weighted by Gasteiger charge is -2.36. The maximum atomic E-state index is 11.6. The molecule has 0 heterocycles. The molecule has 0 aliphatic rings. The number of carbonyl (C=O) groups is 1. The Bertz CT molecular complexity index is 989. The van der Waals surface area contributed by atoms with Crippen molar-refractivity contribution in [2.45, 2.75) is 19.1 Å². The summed E-state index contributed by atoms with van der Waals surface area (Å²) in [5.41, 5.74) is 4.20. The molecule has 0 fully saturated rings. The Morgan fingerprint density at radius 3 is 1.40 bits per heavy atom. The van der Waals surface area contributed by atoms with Crippen LogP contribution in [0.2, 0.25) is 0 Å². The largest absolute Gasteiger partial charge is 0.356 e. The molecule has 0 spiro atoms. The first-order chi connectivity index (χ1) is 14.7. The number of rotatable bonds is 7. The zero-order valence-electron chi connectivity index (χ0n) is 17.0. The number of ketones is 1. The lowest BCUT2D eigenvalue weighted by atomic mass is 9.80. The van der Waals surface area contributed by atoms with Crippen molar-refractivity contribution in [2.24, 2.45) is 0 Å². The van der Waals surface area contributed by atoms with Crippen LogP contribution in [0.4, 0.5) is 0 Å². The van der Waals surface area contributed by atoms with Gasteiger partial charge in [0.1, 0.15) is 5.60 Å². The molecule has 0 aliphatic heterocycles. The van der Waals surface area contributed by atoms with Gasteiger partial charge in [-0.2, -0.15) is 0 Å². The van der Waals surface area contributed by atoms with Crippen LogP contribution in [-0.4, -0.2) is 5.78 Å². The summed E-state index contributed by atoms with van der Waals surface area (Å²) in [5, 5.41) is 0. The molecular weight excluding hydrogens is 368 g/mol. The summed E-state index contributed by atoms with van der Waals surface area (Å²) in [6.45, 7) is 1.99. The van der Waals surface area contributed by atoms with E-state index < -0.39 is 5.60 Å². The summed E-state index contributed by atoms with van der Waals surface area (Å²) in [6, 6.07) is 38.6. The third kappa shape index (κ3) is 3.96. The highest BCUT2D eigenvalue weighted by Crippen LogP contribution is 2.41. The maximum Gasteiger partial charge on any atom is 0.159 e. The second-order valence-corrected chi connectivity index (χ2v) is 7.32. The first kappa shape index (κ1) is 19.8. The van der Waals surface area contributed by atoms with Gasteiger partial charge in [-0.25, -0.2) is 0 Å². The minimum Gasteiger partial charge on any atom is -0.356 e. The highest BCUT2D eigenvalue weighted by atomic mass is 16.5. The third-order valence-corrected chi connectivity index (χ3v) is 5.36. The summed E-state index contributed by atoms with van der Waals surface area (Å²) >= 11 is 0. The molecule has 4 aromatic rings. The van der Waals surface area contributed by atoms with Crippen LogP contribution in [0, 0.1) is 0 Å². The fourth-order valence-electron chi connectivity index (χ4n) is 3.80. The highest BCUT2D eigenvalue weighted by molar-refractivity contribution is 5.94. The van der Waals surface area contributed by atoms with E-state index in [2.05, 4.69) is 36.4 Å². The van der Waals surface area contributed by atoms with E-state index in [9.17, 15) is 4.79 Å². The lowest BCUT2D eigenvalue weighted by Crippen LogP contribution is -2.32. The van der Waals surface area contributed by atoms with Gasteiger partial charge in [-0.1, -0.05) is 115 Å². The Morgan fingerprint density at radius 1 is 0.633 bits per heavy atom. The summed E-state index contributed by atoms with van der Waals surface area (Å²) in [5.74, 6) is 0.0645. The highest BCUT2D eigenvalue weighted by Gasteiger charge is 2.37. The molecule has 0 saturated heterocycles. The minimum atomic E-state index is -0.747. The number of hydrogen-bond acceptors (Lipinski definition) is 2. The predicted molar refractivity (Wildman–Crippen MR) is 120 cm³/mol. The monoisotopic (exact) mass is 392 g/mol. The fraction of sp³-hybridized carbons (Fsp3) is 0.107. The molecule has 0 atom stereocenters. The molecule has 0 aromatic heterocycles. The molecule has 0 N–H and O–H groups in total. The van der Waals surface area contributed by atoms with Crippen molar-refractivity contribution >= 4 is 5.78 Å². The van der Waals surface area contributed by atoms with Gasteiger partial charge in [-0.05, 0) is 29.2 Å². The van der Waals surface area contributed by atoms with Crippen molar-refractivity contribution in [1.82, 2.24) is 0 Å². The van der Waals surface area contributed by atoms with Gasteiger partial charge in [0.2, 0.25) is 0 Å². The Balaban J connectivity index is 1.81. The van der Waals surface area contributed by atoms with Crippen LogP contribution < -0.4 is 0 Å². The van der Waals surface area contributed by atoms with Gasteiger partial charge in [0, 0.05) is 5.56 Å². The molecule has 0 saturated carbocycles. The molecule has 4 rings (SSSR count). The van der Waals surface area contributed by atoms with Crippen LogP contribution in [-0.2, 0) is 16.9 Å². The van der Waals surface area contributed by atoms with Gasteiger partial charge in [0.25, 0.3) is 0 Å². The molecule has 0 amide bonds. The molecule has 0 unspecified atom stereocenters. The van der Waals surface area contributed by atoms with Gasteiger partial charge in [-0.3, -0.25) is 4.79 Å². The van der Waals surface area contributed by atoms with E-state index in [1.54, 1.807) is 6.92 Å². The first-order valence-corrected chi connectivity index (χ1v) is 10.1. The summed E-state index contributed by atoms with van der Waals surface area (Å²) in [7, 11) is 0. The van der Waals surface area contributed by atoms with Crippen molar-refractivity contribution in [3.8, 4) is 0 Å². The van der Waals surface area contributed by atoms with Crippen LogP contribution in [0.25, 0.3) is 0 Å². The van der Waals surface area contributed by atoms with E-state index >= 15 is 0 Å². The Labute approximate surface area is 177 Å². The Hall–Kier alpha value is -3.49. The molecule has 0 radical (unpaired) electrons. The SMILES string of the molecule is CC(=O)c1ccc(COC(c2ccccc2)(c2ccccc2)c2ccccc2)cc1. The maximum absolute atomic E-state index is 11.6. The summed E-state index contributed by atoms with van der Waals surface area (Å²) in [6.07, 6.45) is 0. The van der Waals surface area contributed by atoms with Gasteiger partial charge in [0.05, 0.1) is 6.61 Å². The Kier molecular flexibility index (Phi) is 5.87. The molecule has 148 valence electrons. The third-order valence-electron chi connectivity index (χ3n) is 5.36. The van der Waals surface area contributed by atoms with Crippen molar-refractivity contribution in [1.29, 1.82) is 0 Å². The van der Waals surface area contributed by atoms with E-state index in [-0.39, 0.29) is 5.78 Å². The zero-order chi connectivity index (χ0) is 20.8. The number of carbonyl (C=O) groups excluding carboxylic acids is 1. The molecule has 0 bridgehead atoms. The molecule has 0 aliphatic carbocycles. The normalized spacial score (nSPS) is 11.2. The van der Waals surface area contributed by atoms with Crippen LogP contribution in [0.5, 0.6) is 0 Å². The average Bonchev–Trinajstić information content (AvgIpc) is 2.82. The molecule has 30 heavy (non-hydrogen) atoms. The van der Waals surface area contributed by atoms with Gasteiger partial charge >= 0.3 is 0 Å². The molecule has 2 nitrogen and oxygen atoms in total. The number of hydrogen-bond donors (Lipinski definition) is 0. The number of Topliss-reactive ketones (excluding diaryl/α,β-unsaturated/α-hetero) is 1. The van der Waals surface area contributed by atoms with Crippen molar-refractivity contribution in [3.63, 3.8) is 0 Å². The van der Waals surface area contributed by atoms with Crippen molar-refractivity contribution in [2.75, 3.05) is 0 Å². The van der Waals surface area contributed by atoms with Crippen molar-refractivity contribution < 1.29 is 9.53 Å². The van der Waals surface area contributed by atoms with Crippen LogP contribution >= 0.6 is 0 Å². The summed E-state index contributed by atoms with van der Waals surface area (Å²) in [4.78, 5) is 11.6. The fourth-order valence-corrected chi connectivity index (χ4v) is 3.80. The smallest absolute Gasteiger partial charge is 0.159 e. The predicted octanol–water partition coefficient (Wildman–Crippen LogP) is 6.40. The molecular formula is C28H24O2. The van der Waals surface area contributed by atoms with E-state index in [0.717, 1.165) is 22.3 Å². The average molecular weight is 392 g/mol. The van der Waals surface area contributed by atoms with Gasteiger partial charge < -0.3 is 4.74 Å². The second-order valence-electron chi connectivity index (χ2n) is 7.32. The number of ether oxygens (including phenoxy) is 1. The Morgan fingerprint density at radius 2 is 1.03 bits per heavy atom. The second kappa shape index (κ2) is 8.89. The standard InChI is InChI=1S/C28H24O2/c1-22(29)24-19-17-23(18-20-24)21-30-28(25-11-5-2-6-12-25,26-13-7-3-8-14-26)27-15-9-4-10-16-27/h2-20H,21H2,1H3. The van der Waals surface area contributed by atoms with Crippen LogP contribution in [0.15, 0.2) is 115 Å². The van der Waals surface area contributed by atoms with E-state index in [1.807, 2.05) is 78.9 Å². The molecule has 4 aromatic carbocycles. The molecule has 2 heteroatoms. The number of benzene rings is 4. The summed E-state index contributed by atoms with van der Waals surface area (Å²) < 4.78 is 6.79. The zero-order valence-corrected chi connectivity index (χ0v) is 17.0. The van der Waals surface area contributed by atoms with Crippen molar-refractivity contribution in [3.05, 3.63) is 143 Å². The lowest BCUT2D eigenvalue weighted by molar-refractivity contribution is 0.000236.